The number of fused-ring (bicyclic) bond motifs is 1. The van der Waals surface area contributed by atoms with Crippen molar-refractivity contribution in [1.82, 2.24) is 9.38 Å². The summed E-state index contributed by atoms with van der Waals surface area (Å²) >= 11 is 5.99. The average molecular weight is 354 g/mol. The molecule has 5 nitrogen and oxygen atoms in total. The lowest BCUT2D eigenvalue weighted by Gasteiger charge is -2.01. The summed E-state index contributed by atoms with van der Waals surface area (Å²) in [5, 5.41) is 4.56. The molecule has 0 radical (unpaired) electrons. The standard InChI is InChI=1S/C19H16ClN3O2/c1-12-3-2-10-23-16(11-21-25-19(24)14-4-5-14)17(22-18(12)23)13-6-8-15(20)9-7-13/h2-3,6-11,14H,4-5H2,1H3/b21-11-. The van der Waals surface area contributed by atoms with Crippen molar-refractivity contribution in [1.29, 1.82) is 0 Å². The Balaban J connectivity index is 1.77. The van der Waals surface area contributed by atoms with Crippen LogP contribution in [0.5, 0.6) is 0 Å². The molecule has 0 saturated heterocycles. The van der Waals surface area contributed by atoms with E-state index < -0.39 is 0 Å². The minimum atomic E-state index is -0.269. The molecule has 1 aliphatic rings. The highest BCUT2D eigenvalue weighted by molar-refractivity contribution is 6.30. The van der Waals surface area contributed by atoms with Crippen LogP contribution >= 0.6 is 11.6 Å². The van der Waals surface area contributed by atoms with Crippen LogP contribution in [0.2, 0.25) is 5.02 Å². The number of aromatic nitrogens is 2. The lowest BCUT2D eigenvalue weighted by molar-refractivity contribution is -0.145. The predicted octanol–water partition coefficient (Wildman–Crippen LogP) is 4.25. The third-order valence-corrected chi connectivity index (χ3v) is 4.48. The molecule has 0 spiro atoms. The second-order valence-corrected chi connectivity index (χ2v) is 6.59. The van der Waals surface area contributed by atoms with E-state index >= 15 is 0 Å². The molecule has 0 aliphatic heterocycles. The van der Waals surface area contributed by atoms with Crippen molar-refractivity contribution in [3.63, 3.8) is 0 Å². The van der Waals surface area contributed by atoms with Gasteiger partial charge in [0.1, 0.15) is 5.65 Å². The Morgan fingerprint density at radius 3 is 2.80 bits per heavy atom. The number of carbonyl (C=O) groups excluding carboxylic acids is 1. The van der Waals surface area contributed by atoms with Gasteiger partial charge >= 0.3 is 5.97 Å². The van der Waals surface area contributed by atoms with Crippen LogP contribution in [-0.4, -0.2) is 21.6 Å². The van der Waals surface area contributed by atoms with Gasteiger partial charge in [-0.25, -0.2) is 9.78 Å². The molecule has 1 saturated carbocycles. The lowest BCUT2D eigenvalue weighted by Crippen LogP contribution is -2.02. The molecule has 6 heteroatoms. The van der Waals surface area contributed by atoms with E-state index in [-0.39, 0.29) is 11.9 Å². The van der Waals surface area contributed by atoms with Crippen molar-refractivity contribution < 1.29 is 9.63 Å². The summed E-state index contributed by atoms with van der Waals surface area (Å²) in [7, 11) is 0. The molecule has 4 rings (SSSR count). The number of nitrogens with zero attached hydrogens (tertiary/aromatic N) is 3. The quantitative estimate of drug-likeness (QED) is 0.400. The second-order valence-electron chi connectivity index (χ2n) is 6.16. The Morgan fingerprint density at radius 1 is 1.32 bits per heavy atom. The summed E-state index contributed by atoms with van der Waals surface area (Å²) in [5.41, 5.74) is 4.32. The van der Waals surface area contributed by atoms with E-state index in [0.717, 1.165) is 41.0 Å². The fraction of sp³-hybridized carbons (Fsp3) is 0.211. The van der Waals surface area contributed by atoms with E-state index in [1.54, 1.807) is 6.21 Å². The Labute approximate surface area is 149 Å². The van der Waals surface area contributed by atoms with Crippen molar-refractivity contribution in [3.05, 3.63) is 58.9 Å². The van der Waals surface area contributed by atoms with Crippen molar-refractivity contribution >= 4 is 29.4 Å². The lowest BCUT2D eigenvalue weighted by atomic mass is 10.1. The van der Waals surface area contributed by atoms with Crippen molar-refractivity contribution in [2.75, 3.05) is 0 Å². The molecule has 0 atom stereocenters. The van der Waals surface area contributed by atoms with E-state index in [1.165, 1.54) is 0 Å². The molecule has 0 amide bonds. The highest BCUT2D eigenvalue weighted by Crippen LogP contribution is 2.30. The molecule has 25 heavy (non-hydrogen) atoms. The maximum atomic E-state index is 11.7. The van der Waals surface area contributed by atoms with E-state index in [9.17, 15) is 4.79 Å². The topological polar surface area (TPSA) is 56.0 Å². The number of oxime groups is 1. The number of pyridine rings is 1. The second kappa shape index (κ2) is 6.33. The molecule has 1 fully saturated rings. The molecular formula is C19H16ClN3O2. The van der Waals surface area contributed by atoms with Crippen LogP contribution in [0, 0.1) is 12.8 Å². The largest absolute Gasteiger partial charge is 0.338 e. The maximum absolute atomic E-state index is 11.7. The van der Waals surface area contributed by atoms with Gasteiger partial charge in [-0.3, -0.25) is 4.40 Å². The number of rotatable bonds is 4. The van der Waals surface area contributed by atoms with Gasteiger partial charge in [0.2, 0.25) is 0 Å². The third-order valence-electron chi connectivity index (χ3n) is 4.23. The highest BCUT2D eigenvalue weighted by Gasteiger charge is 2.31. The Kier molecular flexibility index (Phi) is 4.01. The average Bonchev–Trinajstić information content (AvgIpc) is 3.39. The zero-order chi connectivity index (χ0) is 17.4. The van der Waals surface area contributed by atoms with Crippen molar-refractivity contribution in [2.45, 2.75) is 19.8 Å². The summed E-state index contributed by atoms with van der Waals surface area (Å²) in [4.78, 5) is 21.4. The van der Waals surface area contributed by atoms with E-state index in [4.69, 9.17) is 21.4 Å². The monoisotopic (exact) mass is 353 g/mol. The fourth-order valence-electron chi connectivity index (χ4n) is 2.69. The van der Waals surface area contributed by atoms with Gasteiger partial charge in [-0.1, -0.05) is 35.0 Å². The first-order valence-corrected chi connectivity index (χ1v) is 8.49. The van der Waals surface area contributed by atoms with E-state index in [1.807, 2.05) is 53.9 Å². The third kappa shape index (κ3) is 3.15. The molecule has 0 N–H and O–H groups in total. The Bertz CT molecular complexity index is 972. The molecule has 0 unspecified atom stereocenters. The van der Waals surface area contributed by atoms with Gasteiger partial charge in [0.15, 0.2) is 0 Å². The number of hydrogen-bond donors (Lipinski definition) is 0. The van der Waals surface area contributed by atoms with Crippen LogP contribution < -0.4 is 0 Å². The first-order valence-electron chi connectivity index (χ1n) is 8.11. The highest BCUT2D eigenvalue weighted by atomic mass is 35.5. The SMILES string of the molecule is Cc1cccn2c(/C=N\OC(=O)C3CC3)c(-c3ccc(Cl)cc3)nc12. The fourth-order valence-corrected chi connectivity index (χ4v) is 2.81. The smallest absolute Gasteiger partial charge is 0.318 e. The van der Waals surface area contributed by atoms with Crippen molar-refractivity contribution in [2.24, 2.45) is 11.1 Å². The summed E-state index contributed by atoms with van der Waals surface area (Å²) < 4.78 is 1.94. The number of carbonyl (C=O) groups is 1. The molecule has 2 aromatic heterocycles. The molecule has 1 aromatic carbocycles. The predicted molar refractivity (Wildman–Crippen MR) is 96.8 cm³/mol. The number of halogens is 1. The number of hydrogen-bond acceptors (Lipinski definition) is 4. The molecule has 0 bridgehead atoms. The maximum Gasteiger partial charge on any atom is 0.338 e. The van der Waals surface area contributed by atoms with E-state index in [0.29, 0.717) is 5.02 Å². The number of imidazole rings is 1. The molecule has 126 valence electrons. The molecule has 3 aromatic rings. The van der Waals surface area contributed by atoms with Crippen molar-refractivity contribution in [3.8, 4) is 11.3 Å². The Morgan fingerprint density at radius 2 is 2.08 bits per heavy atom. The number of benzene rings is 1. The summed E-state index contributed by atoms with van der Waals surface area (Å²) in [6.45, 7) is 2.00. The normalized spacial score (nSPS) is 14.3. The van der Waals surface area contributed by atoms with Gasteiger partial charge in [-0.05, 0) is 43.5 Å². The zero-order valence-electron chi connectivity index (χ0n) is 13.6. The van der Waals surface area contributed by atoms with Crippen LogP contribution in [0.15, 0.2) is 47.8 Å². The van der Waals surface area contributed by atoms with Crippen LogP contribution in [0.1, 0.15) is 24.1 Å². The van der Waals surface area contributed by atoms with Crippen LogP contribution in [0.3, 0.4) is 0 Å². The van der Waals surface area contributed by atoms with Crippen LogP contribution in [0.25, 0.3) is 16.9 Å². The van der Waals surface area contributed by atoms with Gasteiger partial charge in [0.25, 0.3) is 0 Å². The molecule has 2 heterocycles. The van der Waals surface area contributed by atoms with Gasteiger partial charge in [0, 0.05) is 16.8 Å². The summed E-state index contributed by atoms with van der Waals surface area (Å²) in [6.07, 6.45) is 5.24. The summed E-state index contributed by atoms with van der Waals surface area (Å²) in [5.74, 6) is -0.258. The summed E-state index contributed by atoms with van der Waals surface area (Å²) in [6, 6.07) is 11.4. The zero-order valence-corrected chi connectivity index (χ0v) is 14.4. The van der Waals surface area contributed by atoms with Gasteiger partial charge < -0.3 is 4.84 Å². The minimum absolute atomic E-state index is 0.0114. The Hall–Kier alpha value is -2.66. The van der Waals surface area contributed by atoms with Gasteiger partial charge in [0.05, 0.1) is 23.5 Å². The number of aryl methyl sites for hydroxylation is 1. The first-order chi connectivity index (χ1) is 12.1. The molecular weight excluding hydrogens is 338 g/mol. The van der Waals surface area contributed by atoms with E-state index in [2.05, 4.69) is 5.16 Å². The minimum Gasteiger partial charge on any atom is -0.318 e. The van der Waals surface area contributed by atoms with Crippen LogP contribution in [0.4, 0.5) is 0 Å². The van der Waals surface area contributed by atoms with Gasteiger partial charge in [-0.2, -0.15) is 0 Å². The first kappa shape index (κ1) is 15.8. The van der Waals surface area contributed by atoms with Crippen LogP contribution in [-0.2, 0) is 9.63 Å². The molecule has 1 aliphatic carbocycles. The van der Waals surface area contributed by atoms with Gasteiger partial charge in [-0.15, -0.1) is 0 Å².